The Morgan fingerprint density at radius 2 is 1.87 bits per heavy atom. The van der Waals surface area contributed by atoms with Crippen LogP contribution in [0.3, 0.4) is 0 Å². The lowest BCUT2D eigenvalue weighted by molar-refractivity contribution is 0.0366. The predicted octanol–water partition coefficient (Wildman–Crippen LogP) is 1.15. The van der Waals surface area contributed by atoms with Crippen LogP contribution in [0.1, 0.15) is 17.3 Å². The van der Waals surface area contributed by atoms with Crippen molar-refractivity contribution < 1.29 is 15.0 Å². The summed E-state index contributed by atoms with van der Waals surface area (Å²) in [4.78, 5) is 14.3. The minimum atomic E-state index is -0.737. The van der Waals surface area contributed by atoms with E-state index in [0.29, 0.717) is 5.56 Å². The lowest BCUT2D eigenvalue weighted by Gasteiger charge is -2.30. The third kappa shape index (κ3) is 3.60. The smallest absolute Gasteiger partial charge is 0.257 e. The highest BCUT2D eigenvalue weighted by atomic mass is 16.3. The number of benzene rings is 1. The molecular weight excluding hydrogens is 294 g/mol. The fourth-order valence-electron chi connectivity index (χ4n) is 2.53. The number of nitrogens with zero attached hydrogens (tertiary/aromatic N) is 3. The summed E-state index contributed by atoms with van der Waals surface area (Å²) in [6, 6.07) is 9.60. The van der Waals surface area contributed by atoms with Gasteiger partial charge < -0.3 is 15.1 Å². The highest BCUT2D eigenvalue weighted by Crippen LogP contribution is 2.25. The molecule has 0 atom stereocenters. The van der Waals surface area contributed by atoms with Crippen molar-refractivity contribution in [3.8, 4) is 11.3 Å². The predicted molar refractivity (Wildman–Crippen MR) is 87.9 cm³/mol. The molecule has 1 aromatic carbocycles. The van der Waals surface area contributed by atoms with Gasteiger partial charge in [0.1, 0.15) is 0 Å². The van der Waals surface area contributed by atoms with Crippen molar-refractivity contribution in [2.24, 2.45) is 12.5 Å². The molecule has 0 spiro atoms. The summed E-state index contributed by atoms with van der Waals surface area (Å²) in [5.74, 6) is -0.190. The number of hydrogen-bond donors (Lipinski definition) is 2. The molecule has 0 aliphatic rings. The van der Waals surface area contributed by atoms with Crippen LogP contribution >= 0.6 is 0 Å². The van der Waals surface area contributed by atoms with Crippen LogP contribution < -0.4 is 0 Å². The molecule has 2 aromatic rings. The average molecular weight is 317 g/mol. The van der Waals surface area contributed by atoms with Crippen LogP contribution in [0.2, 0.25) is 0 Å². The standard InChI is InChI=1S/C17H23N3O3/c1-17(11-21,12-22)10-19(2)16(23)14-9-18-20(3)15(14)13-7-5-4-6-8-13/h4-9,21-22H,10-12H2,1-3H3. The summed E-state index contributed by atoms with van der Waals surface area (Å²) in [6.07, 6.45) is 1.55. The van der Waals surface area contributed by atoms with Gasteiger partial charge in [-0.25, -0.2) is 0 Å². The first kappa shape index (κ1) is 17.2. The van der Waals surface area contributed by atoms with E-state index in [1.807, 2.05) is 30.3 Å². The molecule has 124 valence electrons. The topological polar surface area (TPSA) is 78.6 Å². The zero-order valence-electron chi connectivity index (χ0n) is 13.7. The second-order valence-corrected chi connectivity index (χ2v) is 6.18. The lowest BCUT2D eigenvalue weighted by atomic mass is 9.92. The number of aliphatic hydroxyl groups is 2. The van der Waals surface area contributed by atoms with E-state index in [9.17, 15) is 15.0 Å². The minimum Gasteiger partial charge on any atom is -0.396 e. The van der Waals surface area contributed by atoms with Crippen LogP contribution in [0.15, 0.2) is 36.5 Å². The van der Waals surface area contributed by atoms with E-state index < -0.39 is 5.41 Å². The van der Waals surface area contributed by atoms with E-state index in [0.717, 1.165) is 11.3 Å². The Bertz CT molecular complexity index is 663. The van der Waals surface area contributed by atoms with Crippen LogP contribution in [0.5, 0.6) is 0 Å². The number of carbonyl (C=O) groups is 1. The molecule has 0 fully saturated rings. The Balaban J connectivity index is 2.31. The summed E-state index contributed by atoms with van der Waals surface area (Å²) >= 11 is 0. The van der Waals surface area contributed by atoms with Gasteiger partial charge in [0.2, 0.25) is 0 Å². The molecule has 2 rings (SSSR count). The van der Waals surface area contributed by atoms with Crippen LogP contribution in [0.25, 0.3) is 11.3 Å². The normalized spacial score (nSPS) is 11.5. The molecule has 0 aliphatic heterocycles. The van der Waals surface area contributed by atoms with Gasteiger partial charge in [-0.3, -0.25) is 9.48 Å². The molecule has 0 saturated heterocycles. The molecule has 23 heavy (non-hydrogen) atoms. The van der Waals surface area contributed by atoms with Crippen molar-refractivity contribution in [3.63, 3.8) is 0 Å². The van der Waals surface area contributed by atoms with Crippen LogP contribution in [0.4, 0.5) is 0 Å². The largest absolute Gasteiger partial charge is 0.396 e. The Hall–Kier alpha value is -2.18. The van der Waals surface area contributed by atoms with Gasteiger partial charge in [-0.1, -0.05) is 37.3 Å². The van der Waals surface area contributed by atoms with Gasteiger partial charge >= 0.3 is 0 Å². The van der Waals surface area contributed by atoms with Crippen molar-refractivity contribution in [1.82, 2.24) is 14.7 Å². The van der Waals surface area contributed by atoms with Gasteiger partial charge in [0.25, 0.3) is 5.91 Å². The molecular formula is C17H23N3O3. The molecule has 1 amide bonds. The lowest BCUT2D eigenvalue weighted by Crippen LogP contribution is -2.41. The second-order valence-electron chi connectivity index (χ2n) is 6.18. The third-order valence-corrected chi connectivity index (χ3v) is 3.95. The second kappa shape index (κ2) is 6.93. The number of aryl methyl sites for hydroxylation is 1. The Morgan fingerprint density at radius 1 is 1.26 bits per heavy atom. The van der Waals surface area contributed by atoms with Crippen molar-refractivity contribution in [2.45, 2.75) is 6.92 Å². The number of aromatic nitrogens is 2. The first-order chi connectivity index (χ1) is 10.9. The minimum absolute atomic E-state index is 0.190. The van der Waals surface area contributed by atoms with Crippen molar-refractivity contribution in [1.29, 1.82) is 0 Å². The van der Waals surface area contributed by atoms with Crippen LogP contribution in [0, 0.1) is 5.41 Å². The zero-order chi connectivity index (χ0) is 17.0. The van der Waals surface area contributed by atoms with Gasteiger partial charge in [-0.15, -0.1) is 0 Å². The summed E-state index contributed by atoms with van der Waals surface area (Å²) in [5.41, 5.74) is 1.42. The summed E-state index contributed by atoms with van der Waals surface area (Å²) in [5, 5.41) is 23.0. The van der Waals surface area contributed by atoms with Crippen molar-refractivity contribution in [3.05, 3.63) is 42.1 Å². The fourth-order valence-corrected chi connectivity index (χ4v) is 2.53. The summed E-state index contributed by atoms with van der Waals surface area (Å²) in [6.45, 7) is 1.60. The highest BCUT2D eigenvalue weighted by Gasteiger charge is 2.28. The molecule has 6 heteroatoms. The monoisotopic (exact) mass is 317 g/mol. The first-order valence-electron chi connectivity index (χ1n) is 7.46. The van der Waals surface area contributed by atoms with Crippen LogP contribution in [-0.4, -0.2) is 57.6 Å². The van der Waals surface area contributed by atoms with E-state index in [1.54, 1.807) is 31.9 Å². The molecule has 0 unspecified atom stereocenters. The van der Waals surface area contributed by atoms with Crippen molar-refractivity contribution >= 4 is 5.91 Å². The molecule has 0 bridgehead atoms. The van der Waals surface area contributed by atoms with E-state index in [-0.39, 0.29) is 25.7 Å². The molecule has 0 radical (unpaired) electrons. The molecule has 1 aromatic heterocycles. The van der Waals surface area contributed by atoms with Gasteiger partial charge in [-0.2, -0.15) is 5.10 Å². The SMILES string of the molecule is CN(CC(C)(CO)CO)C(=O)c1cnn(C)c1-c1ccccc1. The summed E-state index contributed by atoms with van der Waals surface area (Å²) in [7, 11) is 3.46. The molecule has 0 aliphatic carbocycles. The fraction of sp³-hybridized carbons (Fsp3) is 0.412. The maximum Gasteiger partial charge on any atom is 0.257 e. The van der Waals surface area contributed by atoms with Crippen molar-refractivity contribution in [2.75, 3.05) is 26.8 Å². The Kier molecular flexibility index (Phi) is 5.18. The van der Waals surface area contributed by atoms with Gasteiger partial charge in [0.05, 0.1) is 30.7 Å². The molecule has 0 saturated carbocycles. The summed E-state index contributed by atoms with van der Waals surface area (Å²) < 4.78 is 1.67. The van der Waals surface area contributed by atoms with Gasteiger partial charge in [0, 0.05) is 31.6 Å². The molecule has 1 heterocycles. The number of rotatable bonds is 6. The highest BCUT2D eigenvalue weighted by molar-refractivity contribution is 5.99. The number of amides is 1. The van der Waals surface area contributed by atoms with E-state index in [4.69, 9.17) is 0 Å². The van der Waals surface area contributed by atoms with Gasteiger partial charge in [0.15, 0.2) is 0 Å². The molecule has 2 N–H and O–H groups in total. The Labute approximate surface area is 136 Å². The first-order valence-corrected chi connectivity index (χ1v) is 7.46. The zero-order valence-corrected chi connectivity index (χ0v) is 13.7. The van der Waals surface area contributed by atoms with Crippen LogP contribution in [-0.2, 0) is 7.05 Å². The van der Waals surface area contributed by atoms with Gasteiger partial charge in [-0.05, 0) is 0 Å². The number of aliphatic hydroxyl groups excluding tert-OH is 2. The van der Waals surface area contributed by atoms with E-state index in [2.05, 4.69) is 5.10 Å². The third-order valence-electron chi connectivity index (χ3n) is 3.95. The number of hydrogen-bond acceptors (Lipinski definition) is 4. The molecule has 6 nitrogen and oxygen atoms in total. The quantitative estimate of drug-likeness (QED) is 0.838. The Morgan fingerprint density at radius 3 is 2.43 bits per heavy atom. The average Bonchev–Trinajstić information content (AvgIpc) is 2.96. The maximum atomic E-state index is 12.8. The van der Waals surface area contributed by atoms with E-state index in [1.165, 1.54) is 4.90 Å². The number of carbonyl (C=O) groups excluding carboxylic acids is 1. The maximum absolute atomic E-state index is 12.8. The van der Waals surface area contributed by atoms with E-state index >= 15 is 0 Å².